The molecule has 0 bridgehead atoms. The number of carbonyl (C=O) groups is 2. The van der Waals surface area contributed by atoms with Crippen LogP contribution in [0.3, 0.4) is 0 Å². The number of amides is 2. The summed E-state index contributed by atoms with van der Waals surface area (Å²) >= 11 is 5.01. The van der Waals surface area contributed by atoms with E-state index in [-0.39, 0.29) is 11.0 Å². The minimum Gasteiger partial charge on any atom is -0.496 e. The Morgan fingerprint density at radius 1 is 1.00 bits per heavy atom. The maximum atomic E-state index is 12.2. The number of hydrogen-bond acceptors (Lipinski definition) is 4. The predicted molar refractivity (Wildman–Crippen MR) is 94.8 cm³/mol. The minimum atomic E-state index is -0.435. The van der Waals surface area contributed by atoms with Crippen molar-refractivity contribution in [2.24, 2.45) is 0 Å². The van der Waals surface area contributed by atoms with Gasteiger partial charge in [-0.1, -0.05) is 29.8 Å². The van der Waals surface area contributed by atoms with Gasteiger partial charge in [0.25, 0.3) is 11.8 Å². The lowest BCUT2D eigenvalue weighted by Crippen LogP contribution is -2.48. The van der Waals surface area contributed by atoms with E-state index < -0.39 is 5.91 Å². The van der Waals surface area contributed by atoms with Gasteiger partial charge in [-0.2, -0.15) is 0 Å². The normalized spacial score (nSPS) is 9.75. The number of para-hydroxylation sites is 1. The Labute approximate surface area is 145 Å². The molecule has 0 saturated heterocycles. The van der Waals surface area contributed by atoms with Gasteiger partial charge in [-0.15, -0.1) is 0 Å². The van der Waals surface area contributed by atoms with Crippen LogP contribution in [0.5, 0.6) is 5.75 Å². The van der Waals surface area contributed by atoms with Crippen molar-refractivity contribution >= 4 is 29.1 Å². The molecule has 0 radical (unpaired) electrons. The molecule has 0 fully saturated rings. The molecule has 0 spiro atoms. The van der Waals surface area contributed by atoms with Crippen LogP contribution in [0.25, 0.3) is 0 Å². The number of carbonyl (C=O) groups excluding carboxylic acids is 2. The van der Waals surface area contributed by atoms with Crippen molar-refractivity contribution in [2.45, 2.75) is 6.92 Å². The van der Waals surface area contributed by atoms with E-state index in [1.54, 1.807) is 42.5 Å². The maximum Gasteiger partial charge on any atom is 0.269 e. The fourth-order valence-corrected chi connectivity index (χ4v) is 2.15. The van der Waals surface area contributed by atoms with E-state index in [0.29, 0.717) is 16.9 Å². The lowest BCUT2D eigenvalue weighted by atomic mass is 10.1. The zero-order valence-electron chi connectivity index (χ0n) is 13.3. The Balaban J connectivity index is 1.91. The van der Waals surface area contributed by atoms with E-state index in [1.807, 2.05) is 13.0 Å². The molecule has 2 aromatic carbocycles. The number of ether oxygens (including phenoxy) is 1. The van der Waals surface area contributed by atoms with Gasteiger partial charge < -0.3 is 4.74 Å². The van der Waals surface area contributed by atoms with E-state index in [1.165, 1.54) is 7.11 Å². The molecule has 7 heteroatoms. The first-order valence-corrected chi connectivity index (χ1v) is 7.53. The third-order valence-corrected chi connectivity index (χ3v) is 3.35. The Kier molecular flexibility index (Phi) is 5.86. The van der Waals surface area contributed by atoms with Gasteiger partial charge in [0.2, 0.25) is 0 Å². The smallest absolute Gasteiger partial charge is 0.269 e. The van der Waals surface area contributed by atoms with Crippen LogP contribution in [-0.2, 0) is 0 Å². The minimum absolute atomic E-state index is 0.0214. The molecule has 0 unspecified atom stereocenters. The molecule has 0 aliphatic carbocycles. The molecular formula is C17H17N3O3S. The summed E-state index contributed by atoms with van der Waals surface area (Å²) in [6, 6.07) is 13.9. The summed E-state index contributed by atoms with van der Waals surface area (Å²) in [6.07, 6.45) is 0. The largest absolute Gasteiger partial charge is 0.496 e. The predicted octanol–water partition coefficient (Wildman–Crippen LogP) is 1.95. The molecule has 6 nitrogen and oxygen atoms in total. The molecule has 0 aliphatic heterocycles. The highest BCUT2D eigenvalue weighted by Crippen LogP contribution is 2.16. The Morgan fingerprint density at radius 3 is 2.46 bits per heavy atom. The molecule has 2 rings (SSSR count). The molecule has 2 aromatic rings. The van der Waals surface area contributed by atoms with E-state index in [4.69, 9.17) is 17.0 Å². The van der Waals surface area contributed by atoms with Crippen LogP contribution in [0.2, 0.25) is 0 Å². The van der Waals surface area contributed by atoms with Gasteiger partial charge in [0.05, 0.1) is 12.7 Å². The van der Waals surface area contributed by atoms with Crippen LogP contribution >= 0.6 is 12.2 Å². The molecule has 124 valence electrons. The fourth-order valence-electron chi connectivity index (χ4n) is 2.01. The summed E-state index contributed by atoms with van der Waals surface area (Å²) in [6.45, 7) is 1.89. The second-order valence-corrected chi connectivity index (χ2v) is 5.34. The highest BCUT2D eigenvalue weighted by Gasteiger charge is 2.13. The van der Waals surface area contributed by atoms with Crippen LogP contribution in [0, 0.1) is 6.92 Å². The lowest BCUT2D eigenvalue weighted by Gasteiger charge is -2.12. The van der Waals surface area contributed by atoms with E-state index >= 15 is 0 Å². The van der Waals surface area contributed by atoms with Crippen molar-refractivity contribution in [3.8, 4) is 5.75 Å². The molecule has 0 aliphatic rings. The Morgan fingerprint density at radius 2 is 1.75 bits per heavy atom. The van der Waals surface area contributed by atoms with Crippen molar-refractivity contribution in [3.05, 3.63) is 65.2 Å². The first kappa shape index (κ1) is 17.4. The first-order valence-electron chi connectivity index (χ1n) is 7.12. The molecule has 0 heterocycles. The summed E-state index contributed by atoms with van der Waals surface area (Å²) < 4.78 is 5.12. The fraction of sp³-hybridized carbons (Fsp3) is 0.118. The third-order valence-electron chi connectivity index (χ3n) is 3.15. The lowest BCUT2D eigenvalue weighted by molar-refractivity contribution is 0.0934. The molecular weight excluding hydrogens is 326 g/mol. The van der Waals surface area contributed by atoms with Gasteiger partial charge in [-0.3, -0.25) is 25.8 Å². The Bertz CT molecular complexity index is 777. The van der Waals surface area contributed by atoms with Crippen molar-refractivity contribution < 1.29 is 14.3 Å². The highest BCUT2D eigenvalue weighted by atomic mass is 32.1. The van der Waals surface area contributed by atoms with E-state index in [0.717, 1.165) is 5.56 Å². The highest BCUT2D eigenvalue weighted by molar-refractivity contribution is 7.80. The van der Waals surface area contributed by atoms with Crippen molar-refractivity contribution in [1.29, 1.82) is 0 Å². The van der Waals surface area contributed by atoms with Gasteiger partial charge in [-0.25, -0.2) is 0 Å². The third kappa shape index (κ3) is 4.53. The van der Waals surface area contributed by atoms with Crippen molar-refractivity contribution in [3.63, 3.8) is 0 Å². The quantitative estimate of drug-likeness (QED) is 0.586. The number of hydrogen-bond donors (Lipinski definition) is 3. The summed E-state index contributed by atoms with van der Waals surface area (Å²) in [5.74, 6) is -0.357. The van der Waals surface area contributed by atoms with Crippen LogP contribution in [-0.4, -0.2) is 24.0 Å². The van der Waals surface area contributed by atoms with Gasteiger partial charge in [0.15, 0.2) is 5.11 Å². The SMILES string of the molecule is COc1ccccc1C(=O)NC(=S)NNC(=O)c1cccc(C)c1. The van der Waals surface area contributed by atoms with Gasteiger partial charge in [0.1, 0.15) is 5.75 Å². The molecule has 0 atom stereocenters. The number of rotatable bonds is 3. The Hall–Kier alpha value is -2.93. The summed E-state index contributed by atoms with van der Waals surface area (Å²) in [5.41, 5.74) is 6.73. The number of hydrazine groups is 1. The van der Waals surface area contributed by atoms with Gasteiger partial charge >= 0.3 is 0 Å². The number of benzene rings is 2. The van der Waals surface area contributed by atoms with Crippen molar-refractivity contribution in [2.75, 3.05) is 7.11 Å². The van der Waals surface area contributed by atoms with Gasteiger partial charge in [0, 0.05) is 5.56 Å². The maximum absolute atomic E-state index is 12.2. The summed E-state index contributed by atoms with van der Waals surface area (Å²) in [4.78, 5) is 24.2. The molecule has 0 aromatic heterocycles. The molecule has 3 N–H and O–H groups in total. The topological polar surface area (TPSA) is 79.5 Å². The van der Waals surface area contributed by atoms with E-state index in [9.17, 15) is 9.59 Å². The number of aryl methyl sites for hydroxylation is 1. The molecule has 2 amide bonds. The van der Waals surface area contributed by atoms with Crippen LogP contribution < -0.4 is 20.9 Å². The first-order chi connectivity index (χ1) is 11.5. The summed E-state index contributed by atoms with van der Waals surface area (Å²) in [7, 11) is 1.48. The monoisotopic (exact) mass is 343 g/mol. The zero-order chi connectivity index (χ0) is 17.5. The van der Waals surface area contributed by atoms with E-state index in [2.05, 4.69) is 16.2 Å². The second-order valence-electron chi connectivity index (χ2n) is 4.93. The number of methoxy groups -OCH3 is 1. The molecule has 24 heavy (non-hydrogen) atoms. The zero-order valence-corrected chi connectivity index (χ0v) is 14.1. The average Bonchev–Trinajstić information content (AvgIpc) is 2.59. The van der Waals surface area contributed by atoms with Gasteiger partial charge in [-0.05, 0) is 43.4 Å². The summed E-state index contributed by atoms with van der Waals surface area (Å²) in [5, 5.41) is 2.45. The second kappa shape index (κ2) is 8.07. The standard InChI is InChI=1S/C17H17N3O3S/c1-11-6-5-7-12(10-11)15(21)19-20-17(24)18-16(22)13-8-3-4-9-14(13)23-2/h3-10H,1-2H3,(H,19,21)(H2,18,20,22,24). The van der Waals surface area contributed by atoms with Crippen LogP contribution in [0.1, 0.15) is 26.3 Å². The van der Waals surface area contributed by atoms with Crippen LogP contribution in [0.4, 0.5) is 0 Å². The number of nitrogens with one attached hydrogen (secondary N) is 3. The van der Waals surface area contributed by atoms with Crippen molar-refractivity contribution in [1.82, 2.24) is 16.2 Å². The van der Waals surface area contributed by atoms with Crippen LogP contribution in [0.15, 0.2) is 48.5 Å². The number of thiocarbonyl (C=S) groups is 1. The molecule has 0 saturated carbocycles. The average molecular weight is 343 g/mol.